The zero-order valence-electron chi connectivity index (χ0n) is 14.4. The van der Waals surface area contributed by atoms with Gasteiger partial charge in [0.1, 0.15) is 0 Å². The Balaban J connectivity index is 1.76. The fourth-order valence-electron chi connectivity index (χ4n) is 2.37. The van der Waals surface area contributed by atoms with Crippen LogP contribution in [-0.4, -0.2) is 28.8 Å². The smallest absolute Gasteiger partial charge is 0.254 e. The lowest BCUT2D eigenvalue weighted by Crippen LogP contribution is -2.16. The van der Waals surface area contributed by atoms with Gasteiger partial charge in [-0.25, -0.2) is 8.42 Å². The molecule has 1 aromatic heterocycles. The Morgan fingerprint density at radius 3 is 2.04 bits per heavy atom. The fraction of sp³-hybridized carbons (Fsp3) is 0.176. The Labute approximate surface area is 167 Å². The van der Waals surface area contributed by atoms with Crippen molar-refractivity contribution in [3.05, 3.63) is 69.7 Å². The quantitative estimate of drug-likeness (QED) is 0.600. The van der Waals surface area contributed by atoms with Crippen molar-refractivity contribution in [2.75, 3.05) is 16.9 Å². The lowest BCUT2D eigenvalue weighted by atomic mass is 10.2. The van der Waals surface area contributed by atoms with Gasteiger partial charge < -0.3 is 10.6 Å². The number of nitrogens with one attached hydrogen (secondary N) is 2. The van der Waals surface area contributed by atoms with Crippen LogP contribution in [0.15, 0.2) is 48.5 Å². The van der Waals surface area contributed by atoms with E-state index in [1.54, 1.807) is 24.3 Å². The molecule has 10 heteroatoms. The predicted molar refractivity (Wildman–Crippen MR) is 108 cm³/mol. The zero-order chi connectivity index (χ0) is 19.4. The number of hydrogen-bond acceptors (Lipinski definition) is 6. The van der Waals surface area contributed by atoms with Crippen LogP contribution in [0.1, 0.15) is 11.1 Å². The molecule has 3 aromatic rings. The minimum atomic E-state index is -3.62. The van der Waals surface area contributed by atoms with E-state index in [9.17, 15) is 8.42 Å². The van der Waals surface area contributed by atoms with Crippen molar-refractivity contribution in [1.82, 2.24) is 14.2 Å². The highest BCUT2D eigenvalue weighted by atomic mass is 35.5. The van der Waals surface area contributed by atoms with Gasteiger partial charge in [-0.15, -0.1) is 9.19 Å². The second-order valence-corrected chi connectivity index (χ2v) is 8.52. The first-order valence-electron chi connectivity index (χ1n) is 7.95. The van der Waals surface area contributed by atoms with E-state index >= 15 is 0 Å². The zero-order valence-corrected chi connectivity index (χ0v) is 16.7. The van der Waals surface area contributed by atoms with Gasteiger partial charge in [-0.1, -0.05) is 47.5 Å². The average molecular weight is 426 g/mol. The summed E-state index contributed by atoms with van der Waals surface area (Å²) in [7, 11) is -3.62. The van der Waals surface area contributed by atoms with Gasteiger partial charge >= 0.3 is 0 Å². The molecule has 0 spiro atoms. The van der Waals surface area contributed by atoms with Gasteiger partial charge in [0.2, 0.25) is 11.9 Å². The van der Waals surface area contributed by atoms with Gasteiger partial charge in [0.05, 0.1) is 6.26 Å². The molecule has 0 fully saturated rings. The van der Waals surface area contributed by atoms with Crippen LogP contribution < -0.4 is 10.6 Å². The van der Waals surface area contributed by atoms with Crippen molar-refractivity contribution in [3.63, 3.8) is 0 Å². The second kappa shape index (κ2) is 8.16. The van der Waals surface area contributed by atoms with Crippen LogP contribution in [0.4, 0.5) is 11.9 Å². The van der Waals surface area contributed by atoms with Gasteiger partial charge in [-0.3, -0.25) is 0 Å². The molecule has 0 saturated heterocycles. The van der Waals surface area contributed by atoms with Crippen LogP contribution in [0.5, 0.6) is 0 Å². The predicted octanol–water partition coefficient (Wildman–Crippen LogP) is 3.62. The van der Waals surface area contributed by atoms with E-state index in [-0.39, 0.29) is 11.9 Å². The van der Waals surface area contributed by atoms with E-state index in [0.717, 1.165) is 21.5 Å². The van der Waals surface area contributed by atoms with Crippen molar-refractivity contribution >= 4 is 45.1 Å². The molecule has 0 aliphatic carbocycles. The molecule has 1 heterocycles. The monoisotopic (exact) mass is 425 g/mol. The maximum atomic E-state index is 12.0. The largest absolute Gasteiger partial charge is 0.349 e. The molecule has 0 bridgehead atoms. The molecule has 7 nitrogen and oxygen atoms in total. The molecule has 27 heavy (non-hydrogen) atoms. The molecule has 0 radical (unpaired) electrons. The number of nitrogens with zero attached hydrogens (tertiary/aromatic N) is 3. The van der Waals surface area contributed by atoms with Crippen LogP contribution >= 0.6 is 23.2 Å². The summed E-state index contributed by atoms with van der Waals surface area (Å²) in [6, 6.07) is 14.6. The van der Waals surface area contributed by atoms with Crippen LogP contribution in [0.3, 0.4) is 0 Å². The first-order valence-corrected chi connectivity index (χ1v) is 10.6. The van der Waals surface area contributed by atoms with Crippen molar-refractivity contribution < 1.29 is 8.42 Å². The molecule has 0 unspecified atom stereocenters. The Morgan fingerprint density at radius 1 is 0.963 bits per heavy atom. The first kappa shape index (κ1) is 19.5. The van der Waals surface area contributed by atoms with Gasteiger partial charge in [0.15, 0.2) is 0 Å². The van der Waals surface area contributed by atoms with Gasteiger partial charge in [-0.05, 0) is 35.4 Å². The standard InChI is InChI=1S/C17H17Cl2N5O2S/c1-27(25,26)24-17(21-11-13-5-3-7-15(19)9-13)22-16(23-24)20-10-12-4-2-6-14(18)8-12/h2-9H,10-11H2,1H3,(H2,20,21,22,23). The number of halogens is 2. The second-order valence-electron chi connectivity index (χ2n) is 5.83. The maximum absolute atomic E-state index is 12.0. The van der Waals surface area contributed by atoms with Gasteiger partial charge in [0, 0.05) is 23.1 Å². The SMILES string of the molecule is CS(=O)(=O)n1nc(NCc2cccc(Cl)c2)nc1NCc1cccc(Cl)c1. The Morgan fingerprint density at radius 2 is 1.52 bits per heavy atom. The number of anilines is 2. The molecule has 2 aromatic carbocycles. The maximum Gasteiger partial charge on any atom is 0.254 e. The van der Waals surface area contributed by atoms with Crippen molar-refractivity contribution in [2.24, 2.45) is 0 Å². The summed E-state index contributed by atoms with van der Waals surface area (Å²) in [4.78, 5) is 4.24. The summed E-state index contributed by atoms with van der Waals surface area (Å²) in [6.07, 6.45) is 1.06. The molecule has 0 amide bonds. The van der Waals surface area contributed by atoms with E-state index in [0.29, 0.717) is 23.1 Å². The van der Waals surface area contributed by atoms with E-state index in [2.05, 4.69) is 20.7 Å². The van der Waals surface area contributed by atoms with Crippen molar-refractivity contribution in [3.8, 4) is 0 Å². The third-order valence-electron chi connectivity index (χ3n) is 3.57. The van der Waals surface area contributed by atoms with Gasteiger partial charge in [0.25, 0.3) is 10.0 Å². The van der Waals surface area contributed by atoms with E-state index in [1.807, 2.05) is 24.3 Å². The summed E-state index contributed by atoms with van der Waals surface area (Å²) < 4.78 is 24.9. The third-order valence-corrected chi connectivity index (χ3v) is 4.93. The van der Waals surface area contributed by atoms with E-state index < -0.39 is 10.0 Å². The van der Waals surface area contributed by atoms with Crippen molar-refractivity contribution in [2.45, 2.75) is 13.1 Å². The minimum Gasteiger partial charge on any atom is -0.349 e. The first-order chi connectivity index (χ1) is 12.8. The normalized spacial score (nSPS) is 11.4. The molecular formula is C17H17Cl2N5O2S. The van der Waals surface area contributed by atoms with Crippen LogP contribution in [0.25, 0.3) is 0 Å². The number of benzene rings is 2. The number of hydrogen-bond donors (Lipinski definition) is 2. The third kappa shape index (κ3) is 5.35. The molecule has 0 saturated carbocycles. The summed E-state index contributed by atoms with van der Waals surface area (Å²) in [5, 5.41) is 11.2. The molecule has 0 aliphatic heterocycles. The Hall–Kier alpha value is -2.29. The highest BCUT2D eigenvalue weighted by molar-refractivity contribution is 7.89. The number of rotatable bonds is 7. The van der Waals surface area contributed by atoms with Crippen LogP contribution in [-0.2, 0) is 23.1 Å². The molecule has 3 rings (SSSR count). The highest BCUT2D eigenvalue weighted by Crippen LogP contribution is 2.16. The topological polar surface area (TPSA) is 88.9 Å². The minimum absolute atomic E-state index is 0.117. The molecule has 142 valence electrons. The summed E-state index contributed by atoms with van der Waals surface area (Å²) >= 11 is 11.9. The summed E-state index contributed by atoms with van der Waals surface area (Å²) in [6.45, 7) is 0.755. The van der Waals surface area contributed by atoms with Crippen LogP contribution in [0, 0.1) is 0 Å². The average Bonchev–Trinajstić information content (AvgIpc) is 3.02. The summed E-state index contributed by atoms with van der Waals surface area (Å²) in [5.74, 6) is 0.306. The summed E-state index contributed by atoms with van der Waals surface area (Å²) in [5.41, 5.74) is 1.81. The fourth-order valence-corrected chi connectivity index (χ4v) is 3.44. The van der Waals surface area contributed by atoms with Crippen LogP contribution in [0.2, 0.25) is 10.0 Å². The van der Waals surface area contributed by atoms with Gasteiger partial charge in [-0.2, -0.15) is 4.98 Å². The molecule has 0 atom stereocenters. The van der Waals surface area contributed by atoms with E-state index in [4.69, 9.17) is 23.2 Å². The van der Waals surface area contributed by atoms with E-state index in [1.165, 1.54) is 0 Å². The Bertz CT molecular complexity index is 1050. The molecule has 2 N–H and O–H groups in total. The number of aromatic nitrogens is 3. The highest BCUT2D eigenvalue weighted by Gasteiger charge is 2.17. The molecule has 0 aliphatic rings. The molecular weight excluding hydrogens is 409 g/mol. The Kier molecular flexibility index (Phi) is 5.88. The lowest BCUT2D eigenvalue weighted by molar-refractivity contribution is 0.587. The van der Waals surface area contributed by atoms with Crippen molar-refractivity contribution in [1.29, 1.82) is 0 Å². The lowest BCUT2D eigenvalue weighted by Gasteiger charge is -2.06.